The predicted molar refractivity (Wildman–Crippen MR) is 86.7 cm³/mol. The summed E-state index contributed by atoms with van der Waals surface area (Å²) in [7, 11) is 1.66. The van der Waals surface area contributed by atoms with Crippen LogP contribution in [-0.2, 0) is 6.42 Å². The third-order valence-electron chi connectivity index (χ3n) is 3.45. The lowest BCUT2D eigenvalue weighted by Gasteiger charge is -2.21. The summed E-state index contributed by atoms with van der Waals surface area (Å²) in [6.07, 6.45) is 1.04. The van der Waals surface area contributed by atoms with E-state index in [1.807, 2.05) is 30.3 Å². The number of anilines is 2. The van der Waals surface area contributed by atoms with Crippen molar-refractivity contribution in [2.24, 2.45) is 0 Å². The summed E-state index contributed by atoms with van der Waals surface area (Å²) >= 11 is 5.53. The van der Waals surface area contributed by atoms with Crippen molar-refractivity contribution in [1.82, 2.24) is 0 Å². The second-order valence-corrected chi connectivity index (χ2v) is 5.08. The smallest absolute Gasteiger partial charge is 0.177 e. The Morgan fingerprint density at radius 2 is 2.05 bits per heavy atom. The minimum Gasteiger partial charge on any atom is -0.497 e. The zero-order valence-electron chi connectivity index (χ0n) is 11.3. The first kappa shape index (κ1) is 12.9. The number of fused-ring (bicyclic) bond motifs is 1. The number of nitrogens with zero attached hydrogens (tertiary/aromatic N) is 1. The normalized spacial score (nSPS) is 12.9. The molecule has 1 N–H and O–H groups in total. The SMILES string of the molecule is COc1cccc(NC(=S)N2CCc3ccccc32)c1. The van der Waals surface area contributed by atoms with Crippen LogP contribution in [0.25, 0.3) is 0 Å². The van der Waals surface area contributed by atoms with E-state index >= 15 is 0 Å². The zero-order valence-corrected chi connectivity index (χ0v) is 12.1. The lowest BCUT2D eigenvalue weighted by atomic mass is 10.2. The van der Waals surface area contributed by atoms with Crippen LogP contribution in [-0.4, -0.2) is 18.8 Å². The summed E-state index contributed by atoms with van der Waals surface area (Å²) in [5.41, 5.74) is 3.49. The molecular weight excluding hydrogens is 268 g/mol. The number of thiocarbonyl (C=S) groups is 1. The van der Waals surface area contributed by atoms with Crippen molar-refractivity contribution in [1.29, 1.82) is 0 Å². The number of benzene rings is 2. The summed E-state index contributed by atoms with van der Waals surface area (Å²) in [6.45, 7) is 0.926. The van der Waals surface area contributed by atoms with E-state index in [1.165, 1.54) is 11.3 Å². The molecule has 0 spiro atoms. The summed E-state index contributed by atoms with van der Waals surface area (Å²) in [5, 5.41) is 4.00. The molecule has 3 rings (SSSR count). The Balaban J connectivity index is 1.77. The van der Waals surface area contributed by atoms with Crippen molar-refractivity contribution in [3.63, 3.8) is 0 Å². The Labute approximate surface area is 124 Å². The Hall–Kier alpha value is -2.07. The Morgan fingerprint density at radius 3 is 2.90 bits per heavy atom. The van der Waals surface area contributed by atoms with Crippen LogP contribution >= 0.6 is 12.2 Å². The van der Waals surface area contributed by atoms with E-state index in [4.69, 9.17) is 17.0 Å². The largest absolute Gasteiger partial charge is 0.497 e. The highest BCUT2D eigenvalue weighted by atomic mass is 32.1. The standard InChI is InChI=1S/C16H16N2OS/c1-19-14-7-4-6-13(11-14)17-16(20)18-10-9-12-5-2-3-8-15(12)18/h2-8,11H,9-10H2,1H3,(H,17,20). The third kappa shape index (κ3) is 2.47. The van der Waals surface area contributed by atoms with Gasteiger partial charge in [-0.15, -0.1) is 0 Å². The number of hydrogen-bond acceptors (Lipinski definition) is 2. The molecule has 1 aliphatic rings. The molecule has 0 atom stereocenters. The maximum absolute atomic E-state index is 5.53. The molecule has 4 heteroatoms. The van der Waals surface area contributed by atoms with Crippen LogP contribution in [0.2, 0.25) is 0 Å². The molecule has 0 amide bonds. The monoisotopic (exact) mass is 284 g/mol. The van der Waals surface area contributed by atoms with Crippen molar-refractivity contribution in [3.05, 3.63) is 54.1 Å². The summed E-state index contributed by atoms with van der Waals surface area (Å²) in [4.78, 5) is 2.14. The molecule has 3 nitrogen and oxygen atoms in total. The third-order valence-corrected chi connectivity index (χ3v) is 3.78. The van der Waals surface area contributed by atoms with Gasteiger partial charge in [-0.3, -0.25) is 0 Å². The van der Waals surface area contributed by atoms with Gasteiger partial charge in [-0.25, -0.2) is 0 Å². The van der Waals surface area contributed by atoms with Crippen molar-refractivity contribution in [3.8, 4) is 5.75 Å². The molecule has 0 saturated heterocycles. The topological polar surface area (TPSA) is 24.5 Å². The van der Waals surface area contributed by atoms with Crippen molar-refractivity contribution in [2.45, 2.75) is 6.42 Å². The summed E-state index contributed by atoms with van der Waals surface area (Å²) in [6, 6.07) is 16.2. The molecular formula is C16H16N2OS. The van der Waals surface area contributed by atoms with Gasteiger partial charge in [0.1, 0.15) is 5.75 Å². The van der Waals surface area contributed by atoms with Gasteiger partial charge in [0, 0.05) is 24.0 Å². The van der Waals surface area contributed by atoms with E-state index in [1.54, 1.807) is 7.11 Å². The Kier molecular flexibility index (Phi) is 3.56. The first-order valence-electron chi connectivity index (χ1n) is 6.58. The van der Waals surface area contributed by atoms with E-state index in [0.29, 0.717) is 0 Å². The van der Waals surface area contributed by atoms with Crippen LogP contribution < -0.4 is 15.0 Å². The minimum atomic E-state index is 0.725. The molecule has 0 saturated carbocycles. The van der Waals surface area contributed by atoms with Crippen LogP contribution in [0.4, 0.5) is 11.4 Å². The highest BCUT2D eigenvalue weighted by molar-refractivity contribution is 7.80. The number of ether oxygens (including phenoxy) is 1. The minimum absolute atomic E-state index is 0.725. The predicted octanol–water partition coefficient (Wildman–Crippen LogP) is 3.45. The number of hydrogen-bond donors (Lipinski definition) is 1. The zero-order chi connectivity index (χ0) is 13.9. The Bertz CT molecular complexity index is 642. The molecule has 2 aromatic carbocycles. The van der Waals surface area contributed by atoms with Crippen molar-refractivity contribution < 1.29 is 4.74 Å². The van der Waals surface area contributed by atoms with Gasteiger partial charge in [0.05, 0.1) is 7.11 Å². The van der Waals surface area contributed by atoms with E-state index in [9.17, 15) is 0 Å². The van der Waals surface area contributed by atoms with Crippen LogP contribution in [0.3, 0.4) is 0 Å². The van der Waals surface area contributed by atoms with Crippen molar-refractivity contribution in [2.75, 3.05) is 23.9 Å². The molecule has 1 aliphatic heterocycles. The quantitative estimate of drug-likeness (QED) is 0.854. The average molecular weight is 284 g/mol. The number of para-hydroxylation sites is 1. The maximum atomic E-state index is 5.53. The first-order chi connectivity index (χ1) is 9.78. The average Bonchev–Trinajstić information content (AvgIpc) is 2.91. The van der Waals surface area contributed by atoms with Gasteiger partial charge < -0.3 is 15.0 Å². The maximum Gasteiger partial charge on any atom is 0.177 e. The van der Waals surface area contributed by atoms with E-state index < -0.39 is 0 Å². The van der Waals surface area contributed by atoms with E-state index in [2.05, 4.69) is 28.4 Å². The van der Waals surface area contributed by atoms with Crippen molar-refractivity contribution >= 4 is 28.7 Å². The highest BCUT2D eigenvalue weighted by Crippen LogP contribution is 2.28. The fraction of sp³-hybridized carbons (Fsp3) is 0.188. The highest BCUT2D eigenvalue weighted by Gasteiger charge is 2.21. The van der Waals surface area contributed by atoms with Gasteiger partial charge in [0.25, 0.3) is 0 Å². The van der Waals surface area contributed by atoms with Crippen LogP contribution in [0.1, 0.15) is 5.56 Å². The molecule has 0 aromatic heterocycles. The van der Waals surface area contributed by atoms with Gasteiger partial charge in [0.2, 0.25) is 0 Å². The first-order valence-corrected chi connectivity index (χ1v) is 6.99. The molecule has 0 aliphatic carbocycles. The van der Waals surface area contributed by atoms with Gasteiger partial charge in [-0.2, -0.15) is 0 Å². The fourth-order valence-corrected chi connectivity index (χ4v) is 2.75. The van der Waals surface area contributed by atoms with Crippen LogP contribution in [0, 0.1) is 0 Å². The number of rotatable bonds is 2. The number of nitrogens with one attached hydrogen (secondary N) is 1. The van der Waals surface area contributed by atoms with Gasteiger partial charge in [-0.05, 0) is 42.4 Å². The van der Waals surface area contributed by atoms with Crippen LogP contribution in [0.5, 0.6) is 5.75 Å². The lowest BCUT2D eigenvalue weighted by molar-refractivity contribution is 0.415. The molecule has 102 valence electrons. The second kappa shape index (κ2) is 5.51. The Morgan fingerprint density at radius 1 is 1.20 bits per heavy atom. The molecule has 20 heavy (non-hydrogen) atoms. The van der Waals surface area contributed by atoms with Gasteiger partial charge >= 0.3 is 0 Å². The molecule has 1 heterocycles. The molecule has 0 unspecified atom stereocenters. The second-order valence-electron chi connectivity index (χ2n) is 4.69. The van der Waals surface area contributed by atoms with Gasteiger partial charge in [0.15, 0.2) is 5.11 Å². The summed E-state index contributed by atoms with van der Waals surface area (Å²) in [5.74, 6) is 0.819. The van der Waals surface area contributed by atoms with E-state index in [0.717, 1.165) is 29.5 Å². The lowest BCUT2D eigenvalue weighted by Crippen LogP contribution is -2.33. The molecule has 0 bridgehead atoms. The van der Waals surface area contributed by atoms with Crippen LogP contribution in [0.15, 0.2) is 48.5 Å². The number of methoxy groups -OCH3 is 1. The summed E-state index contributed by atoms with van der Waals surface area (Å²) < 4.78 is 5.22. The fourth-order valence-electron chi connectivity index (χ4n) is 2.44. The van der Waals surface area contributed by atoms with E-state index in [-0.39, 0.29) is 0 Å². The van der Waals surface area contributed by atoms with Gasteiger partial charge in [-0.1, -0.05) is 24.3 Å². The molecule has 0 fully saturated rings. The molecule has 0 radical (unpaired) electrons. The molecule has 2 aromatic rings.